The fourth-order valence-corrected chi connectivity index (χ4v) is 3.09. The predicted molar refractivity (Wildman–Crippen MR) is 75.2 cm³/mol. The van der Waals surface area contributed by atoms with Crippen molar-refractivity contribution in [3.63, 3.8) is 0 Å². The predicted octanol–water partition coefficient (Wildman–Crippen LogP) is 4.35. The van der Waals surface area contributed by atoms with Gasteiger partial charge < -0.3 is 5.32 Å². The van der Waals surface area contributed by atoms with Gasteiger partial charge in [0.05, 0.1) is 6.07 Å². The topological polar surface area (TPSA) is 35.8 Å². The summed E-state index contributed by atoms with van der Waals surface area (Å²) in [6.45, 7) is 6.59. The maximum Gasteiger partial charge on any atom is 0.128 e. The van der Waals surface area contributed by atoms with Gasteiger partial charge in [-0.25, -0.2) is 4.39 Å². The summed E-state index contributed by atoms with van der Waals surface area (Å²) in [5.74, 6) is -0.0357. The quantitative estimate of drug-likeness (QED) is 0.858. The number of nitriles is 1. The van der Waals surface area contributed by atoms with Crippen molar-refractivity contribution in [2.45, 2.75) is 45.6 Å². The highest BCUT2D eigenvalue weighted by molar-refractivity contribution is 5.48. The highest BCUT2D eigenvalue weighted by Crippen LogP contribution is 2.45. The molecule has 0 amide bonds. The summed E-state index contributed by atoms with van der Waals surface area (Å²) in [5, 5.41) is 12.9. The first-order chi connectivity index (χ1) is 8.87. The summed E-state index contributed by atoms with van der Waals surface area (Å²) in [5.41, 5.74) is 0.389. The van der Waals surface area contributed by atoms with Crippen LogP contribution in [0.15, 0.2) is 24.3 Å². The molecular weight excluding hydrogens is 239 g/mol. The van der Waals surface area contributed by atoms with Gasteiger partial charge in [-0.15, -0.1) is 0 Å². The van der Waals surface area contributed by atoms with E-state index in [9.17, 15) is 9.65 Å². The van der Waals surface area contributed by atoms with Crippen molar-refractivity contribution in [3.05, 3.63) is 30.1 Å². The van der Waals surface area contributed by atoms with Crippen LogP contribution < -0.4 is 5.32 Å². The van der Waals surface area contributed by atoms with Gasteiger partial charge in [-0.2, -0.15) is 5.26 Å². The van der Waals surface area contributed by atoms with E-state index < -0.39 is 5.54 Å². The molecule has 2 unspecified atom stereocenters. The average molecular weight is 260 g/mol. The molecular formula is C16H21FN2. The normalized spacial score (nSPS) is 29.5. The third kappa shape index (κ3) is 2.89. The van der Waals surface area contributed by atoms with Crippen molar-refractivity contribution in [1.82, 2.24) is 0 Å². The second kappa shape index (κ2) is 4.85. The van der Waals surface area contributed by atoms with Gasteiger partial charge in [0.2, 0.25) is 0 Å². The Morgan fingerprint density at radius 3 is 2.68 bits per heavy atom. The summed E-state index contributed by atoms with van der Waals surface area (Å²) in [4.78, 5) is 0. The number of benzene rings is 1. The van der Waals surface area contributed by atoms with Crippen LogP contribution in [0.5, 0.6) is 0 Å². The molecule has 1 aliphatic carbocycles. The molecule has 0 heterocycles. The largest absolute Gasteiger partial charge is 0.367 e. The zero-order valence-corrected chi connectivity index (χ0v) is 11.8. The third-order valence-electron chi connectivity index (χ3n) is 4.29. The van der Waals surface area contributed by atoms with Crippen LogP contribution in [-0.4, -0.2) is 5.54 Å². The Hall–Kier alpha value is -1.56. The van der Waals surface area contributed by atoms with E-state index in [1.54, 1.807) is 6.07 Å². The van der Waals surface area contributed by atoms with Crippen molar-refractivity contribution in [3.8, 4) is 6.07 Å². The van der Waals surface area contributed by atoms with Crippen LogP contribution in [0.25, 0.3) is 0 Å². The van der Waals surface area contributed by atoms with Crippen LogP contribution >= 0.6 is 0 Å². The molecule has 3 heteroatoms. The Balaban J connectivity index is 2.23. The van der Waals surface area contributed by atoms with E-state index in [1.165, 1.54) is 12.1 Å². The molecule has 1 fully saturated rings. The number of rotatable bonds is 2. The Labute approximate surface area is 114 Å². The minimum Gasteiger partial charge on any atom is -0.367 e. The molecule has 0 spiro atoms. The van der Waals surface area contributed by atoms with Crippen LogP contribution in [0.3, 0.4) is 0 Å². The fourth-order valence-electron chi connectivity index (χ4n) is 3.09. The Bertz CT molecular complexity index is 504. The summed E-state index contributed by atoms with van der Waals surface area (Å²) in [6, 6.07) is 8.78. The smallest absolute Gasteiger partial charge is 0.128 e. The summed E-state index contributed by atoms with van der Waals surface area (Å²) in [7, 11) is 0. The average Bonchev–Trinajstić information content (AvgIpc) is 2.33. The third-order valence-corrected chi connectivity index (χ3v) is 4.29. The van der Waals surface area contributed by atoms with E-state index in [2.05, 4.69) is 32.2 Å². The molecule has 19 heavy (non-hydrogen) atoms. The Morgan fingerprint density at radius 1 is 1.37 bits per heavy atom. The Morgan fingerprint density at radius 2 is 2.11 bits per heavy atom. The lowest BCUT2D eigenvalue weighted by molar-refractivity contribution is 0.146. The molecule has 0 aromatic heterocycles. The number of nitrogens with one attached hydrogen (secondary N) is 1. The molecule has 1 N–H and O–H groups in total. The fraction of sp³-hybridized carbons (Fsp3) is 0.562. The number of hydrogen-bond donors (Lipinski definition) is 1. The van der Waals surface area contributed by atoms with Crippen LogP contribution in [0.1, 0.15) is 40.0 Å². The lowest BCUT2D eigenvalue weighted by Gasteiger charge is -2.45. The summed E-state index contributed by atoms with van der Waals surface area (Å²) in [6.07, 6.45) is 2.81. The van der Waals surface area contributed by atoms with Crippen LogP contribution in [0.4, 0.5) is 10.1 Å². The van der Waals surface area contributed by atoms with Crippen LogP contribution in [-0.2, 0) is 0 Å². The van der Waals surface area contributed by atoms with E-state index >= 15 is 0 Å². The van der Waals surface area contributed by atoms with E-state index in [4.69, 9.17) is 0 Å². The van der Waals surface area contributed by atoms with Gasteiger partial charge in [0.15, 0.2) is 0 Å². The molecule has 0 radical (unpaired) electrons. The molecule has 1 aromatic rings. The van der Waals surface area contributed by atoms with E-state index in [-0.39, 0.29) is 17.2 Å². The summed E-state index contributed by atoms with van der Waals surface area (Å²) < 4.78 is 13.2. The van der Waals surface area contributed by atoms with Crippen molar-refractivity contribution >= 4 is 5.69 Å². The minimum absolute atomic E-state index is 0.240. The van der Waals surface area contributed by atoms with Crippen molar-refractivity contribution < 1.29 is 4.39 Å². The van der Waals surface area contributed by atoms with Crippen molar-refractivity contribution in [2.24, 2.45) is 11.3 Å². The second-order valence-corrected chi connectivity index (χ2v) is 6.49. The maximum atomic E-state index is 13.2. The molecule has 0 aliphatic heterocycles. The Kier molecular flexibility index (Phi) is 3.54. The van der Waals surface area contributed by atoms with E-state index in [1.807, 2.05) is 6.07 Å². The van der Waals surface area contributed by atoms with Crippen LogP contribution in [0, 0.1) is 28.5 Å². The number of hydrogen-bond acceptors (Lipinski definition) is 2. The first-order valence-electron chi connectivity index (χ1n) is 6.82. The molecule has 1 saturated carbocycles. The molecule has 0 bridgehead atoms. The highest BCUT2D eigenvalue weighted by atomic mass is 19.1. The van der Waals surface area contributed by atoms with Gasteiger partial charge in [0.1, 0.15) is 11.4 Å². The molecule has 1 aliphatic rings. The highest BCUT2D eigenvalue weighted by Gasteiger charge is 2.44. The number of anilines is 1. The van der Waals surface area contributed by atoms with Gasteiger partial charge in [-0.05, 0) is 48.8 Å². The first kappa shape index (κ1) is 13.9. The molecule has 1 aromatic carbocycles. The summed E-state index contributed by atoms with van der Waals surface area (Å²) >= 11 is 0. The second-order valence-electron chi connectivity index (χ2n) is 6.49. The van der Waals surface area contributed by atoms with Crippen LogP contribution in [0.2, 0.25) is 0 Å². The van der Waals surface area contributed by atoms with Gasteiger partial charge in [0.25, 0.3) is 0 Å². The first-order valence-corrected chi connectivity index (χ1v) is 6.82. The maximum absolute atomic E-state index is 13.2. The van der Waals surface area contributed by atoms with Gasteiger partial charge in [-0.1, -0.05) is 26.8 Å². The molecule has 2 nitrogen and oxygen atoms in total. The molecule has 102 valence electrons. The van der Waals surface area contributed by atoms with Crippen molar-refractivity contribution in [1.29, 1.82) is 5.26 Å². The van der Waals surface area contributed by atoms with E-state index in [0.717, 1.165) is 19.3 Å². The molecule has 2 atom stereocenters. The lowest BCUT2D eigenvalue weighted by atomic mass is 9.64. The van der Waals surface area contributed by atoms with Gasteiger partial charge in [-0.3, -0.25) is 0 Å². The minimum atomic E-state index is -0.580. The molecule has 2 rings (SSSR count). The SMILES string of the molecule is CC1CC(C)(C)CCC1(C#N)Nc1cccc(F)c1. The van der Waals surface area contributed by atoms with Gasteiger partial charge >= 0.3 is 0 Å². The monoisotopic (exact) mass is 260 g/mol. The lowest BCUT2D eigenvalue weighted by Crippen LogP contribution is -2.48. The zero-order chi connectivity index (χ0) is 14.1. The standard InChI is InChI=1S/C16H21FN2/c1-12-10-15(2,3)7-8-16(12,11-18)19-14-6-4-5-13(17)9-14/h4-6,9,12,19H,7-8,10H2,1-3H3. The van der Waals surface area contributed by atoms with Gasteiger partial charge in [0, 0.05) is 5.69 Å². The number of halogens is 1. The molecule has 0 saturated heterocycles. The van der Waals surface area contributed by atoms with Crippen molar-refractivity contribution in [2.75, 3.05) is 5.32 Å². The van der Waals surface area contributed by atoms with E-state index in [0.29, 0.717) is 5.69 Å². The zero-order valence-electron chi connectivity index (χ0n) is 11.8. The number of nitrogens with zero attached hydrogens (tertiary/aromatic N) is 1.